The first kappa shape index (κ1) is 14.1. The van der Waals surface area contributed by atoms with Gasteiger partial charge in [-0.1, -0.05) is 66.7 Å². The highest BCUT2D eigenvalue weighted by Gasteiger charge is 2.22. The third-order valence-electron chi connectivity index (χ3n) is 3.92. The van der Waals surface area contributed by atoms with Crippen LogP contribution >= 0.6 is 0 Å². The molecule has 0 unspecified atom stereocenters. The standard InChI is InChI=1S/C19H21NO/c20-18(19-12-7-13-21-19)14-17(15-8-3-1-4-9-15)16-10-5-2-6-11-16/h1-6,8-11,14,18-19H,7,12-13,20H2/t18-,19-/m0/s1. The van der Waals surface area contributed by atoms with E-state index >= 15 is 0 Å². The van der Waals surface area contributed by atoms with Crippen molar-refractivity contribution in [3.05, 3.63) is 77.9 Å². The molecule has 2 aromatic rings. The Labute approximate surface area is 126 Å². The van der Waals surface area contributed by atoms with Crippen LogP contribution in [0.5, 0.6) is 0 Å². The summed E-state index contributed by atoms with van der Waals surface area (Å²) in [6, 6.07) is 20.7. The number of ether oxygens (including phenoxy) is 1. The van der Waals surface area contributed by atoms with E-state index in [1.165, 1.54) is 16.7 Å². The minimum atomic E-state index is -0.0667. The lowest BCUT2D eigenvalue weighted by molar-refractivity contribution is 0.101. The normalized spacial score (nSPS) is 19.2. The van der Waals surface area contributed by atoms with Crippen LogP contribution in [0.15, 0.2) is 66.7 Å². The first-order valence-electron chi connectivity index (χ1n) is 7.54. The minimum absolute atomic E-state index is 0.0667. The Morgan fingerprint density at radius 2 is 1.57 bits per heavy atom. The van der Waals surface area contributed by atoms with Crippen LogP contribution in [0.4, 0.5) is 0 Å². The second kappa shape index (κ2) is 6.70. The first-order chi connectivity index (χ1) is 10.3. The number of nitrogens with two attached hydrogens (primary N) is 1. The molecule has 0 aliphatic carbocycles. The number of benzene rings is 2. The highest BCUT2D eigenvalue weighted by Crippen LogP contribution is 2.25. The molecule has 2 aromatic carbocycles. The fraction of sp³-hybridized carbons (Fsp3) is 0.263. The second-order valence-corrected chi connectivity index (χ2v) is 5.44. The molecule has 3 rings (SSSR count). The molecule has 2 heteroatoms. The van der Waals surface area contributed by atoms with Gasteiger partial charge < -0.3 is 10.5 Å². The van der Waals surface area contributed by atoms with Gasteiger partial charge in [-0.3, -0.25) is 0 Å². The SMILES string of the molecule is N[C@@H](C=C(c1ccccc1)c1ccccc1)[C@@H]1CCCO1. The van der Waals surface area contributed by atoms with Gasteiger partial charge in [0.1, 0.15) is 0 Å². The van der Waals surface area contributed by atoms with Gasteiger partial charge in [-0.25, -0.2) is 0 Å². The van der Waals surface area contributed by atoms with Crippen molar-refractivity contribution in [1.29, 1.82) is 0 Å². The van der Waals surface area contributed by atoms with E-state index < -0.39 is 0 Å². The van der Waals surface area contributed by atoms with Crippen molar-refractivity contribution in [2.75, 3.05) is 6.61 Å². The minimum Gasteiger partial charge on any atom is -0.376 e. The Bertz CT molecular complexity index is 544. The lowest BCUT2D eigenvalue weighted by Gasteiger charge is -2.17. The van der Waals surface area contributed by atoms with Crippen LogP contribution < -0.4 is 5.73 Å². The third-order valence-corrected chi connectivity index (χ3v) is 3.92. The van der Waals surface area contributed by atoms with Crippen molar-refractivity contribution in [3.8, 4) is 0 Å². The predicted octanol–water partition coefficient (Wildman–Crippen LogP) is 3.62. The fourth-order valence-electron chi connectivity index (χ4n) is 2.80. The van der Waals surface area contributed by atoms with Crippen LogP contribution in [-0.4, -0.2) is 18.8 Å². The molecule has 21 heavy (non-hydrogen) atoms. The summed E-state index contributed by atoms with van der Waals surface area (Å²) in [4.78, 5) is 0. The van der Waals surface area contributed by atoms with Crippen molar-refractivity contribution < 1.29 is 4.74 Å². The van der Waals surface area contributed by atoms with E-state index in [1.54, 1.807) is 0 Å². The molecule has 1 aliphatic heterocycles. The Morgan fingerprint density at radius 1 is 1.00 bits per heavy atom. The van der Waals surface area contributed by atoms with Gasteiger partial charge in [0.25, 0.3) is 0 Å². The van der Waals surface area contributed by atoms with E-state index in [2.05, 4.69) is 54.6 Å². The van der Waals surface area contributed by atoms with Crippen molar-refractivity contribution in [2.45, 2.75) is 25.0 Å². The molecular weight excluding hydrogens is 258 g/mol. The van der Waals surface area contributed by atoms with Crippen molar-refractivity contribution in [2.24, 2.45) is 5.73 Å². The molecule has 0 saturated carbocycles. The van der Waals surface area contributed by atoms with Crippen LogP contribution in [0.25, 0.3) is 5.57 Å². The van der Waals surface area contributed by atoms with Gasteiger partial charge >= 0.3 is 0 Å². The molecule has 0 radical (unpaired) electrons. The molecule has 2 nitrogen and oxygen atoms in total. The molecule has 2 N–H and O–H groups in total. The maximum atomic E-state index is 6.35. The zero-order valence-corrected chi connectivity index (χ0v) is 12.1. The van der Waals surface area contributed by atoms with Gasteiger partial charge in [-0.05, 0) is 29.5 Å². The smallest absolute Gasteiger partial charge is 0.0762 e. The maximum absolute atomic E-state index is 6.35. The van der Waals surface area contributed by atoms with E-state index in [9.17, 15) is 0 Å². The monoisotopic (exact) mass is 279 g/mol. The van der Waals surface area contributed by atoms with E-state index in [0.717, 1.165) is 19.4 Å². The number of rotatable bonds is 4. The molecule has 1 heterocycles. The molecule has 0 aromatic heterocycles. The highest BCUT2D eigenvalue weighted by atomic mass is 16.5. The molecule has 2 atom stereocenters. The second-order valence-electron chi connectivity index (χ2n) is 5.44. The molecule has 0 spiro atoms. The number of hydrogen-bond donors (Lipinski definition) is 1. The van der Waals surface area contributed by atoms with Crippen LogP contribution in [0.1, 0.15) is 24.0 Å². The van der Waals surface area contributed by atoms with Crippen molar-refractivity contribution in [3.63, 3.8) is 0 Å². The van der Waals surface area contributed by atoms with E-state index in [0.29, 0.717) is 0 Å². The molecule has 1 saturated heterocycles. The first-order valence-corrected chi connectivity index (χ1v) is 7.54. The predicted molar refractivity (Wildman–Crippen MR) is 86.9 cm³/mol. The molecule has 1 fully saturated rings. The zero-order chi connectivity index (χ0) is 14.5. The maximum Gasteiger partial charge on any atom is 0.0762 e. The summed E-state index contributed by atoms with van der Waals surface area (Å²) in [5, 5.41) is 0. The molecular formula is C19H21NO. The lowest BCUT2D eigenvalue weighted by Crippen LogP contribution is -2.32. The van der Waals surface area contributed by atoms with Gasteiger partial charge in [-0.2, -0.15) is 0 Å². The van der Waals surface area contributed by atoms with Gasteiger partial charge in [-0.15, -0.1) is 0 Å². The number of hydrogen-bond acceptors (Lipinski definition) is 2. The average Bonchev–Trinajstić information content (AvgIpc) is 3.09. The summed E-state index contributed by atoms with van der Waals surface area (Å²) in [6.07, 6.45) is 4.46. The average molecular weight is 279 g/mol. The van der Waals surface area contributed by atoms with Crippen molar-refractivity contribution in [1.82, 2.24) is 0 Å². The summed E-state index contributed by atoms with van der Waals surface area (Å²) >= 11 is 0. The van der Waals surface area contributed by atoms with Crippen LogP contribution in [0.2, 0.25) is 0 Å². The summed E-state index contributed by atoms with van der Waals surface area (Å²) in [5.74, 6) is 0. The highest BCUT2D eigenvalue weighted by molar-refractivity contribution is 5.80. The molecule has 108 valence electrons. The molecule has 0 bridgehead atoms. The topological polar surface area (TPSA) is 35.2 Å². The van der Waals surface area contributed by atoms with E-state index in [4.69, 9.17) is 10.5 Å². The van der Waals surface area contributed by atoms with Gasteiger partial charge in [0, 0.05) is 6.61 Å². The van der Waals surface area contributed by atoms with E-state index in [1.807, 2.05) is 12.1 Å². The molecule has 0 amide bonds. The van der Waals surface area contributed by atoms with Crippen LogP contribution in [0.3, 0.4) is 0 Å². The zero-order valence-electron chi connectivity index (χ0n) is 12.1. The lowest BCUT2D eigenvalue weighted by atomic mass is 9.94. The summed E-state index contributed by atoms with van der Waals surface area (Å²) in [7, 11) is 0. The quantitative estimate of drug-likeness (QED) is 0.927. The third kappa shape index (κ3) is 3.41. The Balaban J connectivity index is 1.96. The van der Waals surface area contributed by atoms with Gasteiger partial charge in [0.05, 0.1) is 12.1 Å². The van der Waals surface area contributed by atoms with Crippen LogP contribution in [-0.2, 0) is 4.74 Å². The fourth-order valence-corrected chi connectivity index (χ4v) is 2.80. The van der Waals surface area contributed by atoms with Gasteiger partial charge in [0.15, 0.2) is 0 Å². The largest absolute Gasteiger partial charge is 0.376 e. The van der Waals surface area contributed by atoms with E-state index in [-0.39, 0.29) is 12.1 Å². The summed E-state index contributed by atoms with van der Waals surface area (Å²) in [6.45, 7) is 0.832. The Hall–Kier alpha value is -1.90. The van der Waals surface area contributed by atoms with Crippen LogP contribution in [0, 0.1) is 0 Å². The summed E-state index contributed by atoms with van der Waals surface area (Å²) in [5.41, 5.74) is 9.92. The van der Waals surface area contributed by atoms with Gasteiger partial charge in [0.2, 0.25) is 0 Å². The molecule has 1 aliphatic rings. The summed E-state index contributed by atoms with van der Waals surface area (Å²) < 4.78 is 5.72. The Kier molecular flexibility index (Phi) is 4.49. The Morgan fingerprint density at radius 3 is 2.05 bits per heavy atom. The van der Waals surface area contributed by atoms with Crippen molar-refractivity contribution >= 4 is 5.57 Å².